The molecule has 1 fully saturated rings. The number of nitrogens with two attached hydrogens (primary N) is 1. The first-order valence-electron chi connectivity index (χ1n) is 6.32. The fourth-order valence-corrected chi connectivity index (χ4v) is 1.55. The van der Waals surface area contributed by atoms with E-state index in [0.29, 0.717) is 0 Å². The smallest absolute Gasteiger partial charge is 0.00489 e. The minimum absolute atomic E-state index is 0.865. The molecule has 2 heteroatoms. The Morgan fingerprint density at radius 3 is 1.93 bits per heavy atom. The third-order valence-corrected chi connectivity index (χ3v) is 2.51. The number of hydrogen-bond donors (Lipinski definition) is 2. The molecular weight excluding hydrogens is 172 g/mol. The fourth-order valence-electron chi connectivity index (χ4n) is 1.55. The predicted octanol–water partition coefficient (Wildman–Crippen LogP) is 2.68. The van der Waals surface area contributed by atoms with Gasteiger partial charge in [-0.25, -0.2) is 0 Å². The molecule has 0 radical (unpaired) electrons. The first-order chi connectivity index (χ1) is 6.91. The van der Waals surface area contributed by atoms with E-state index in [1.165, 1.54) is 64.5 Å². The van der Waals surface area contributed by atoms with Gasteiger partial charge in [0.2, 0.25) is 0 Å². The summed E-state index contributed by atoms with van der Waals surface area (Å²) in [6, 6.07) is 0. The summed E-state index contributed by atoms with van der Waals surface area (Å²) < 4.78 is 0. The summed E-state index contributed by atoms with van der Waals surface area (Å²) in [6.45, 7) is 5.59. The van der Waals surface area contributed by atoms with Crippen LogP contribution in [0.3, 0.4) is 0 Å². The largest absolute Gasteiger partial charge is 0.330 e. The summed E-state index contributed by atoms with van der Waals surface area (Å²) >= 11 is 0. The second-order valence-corrected chi connectivity index (χ2v) is 4.01. The molecule has 0 aromatic rings. The molecule has 0 atom stereocenters. The maximum Gasteiger partial charge on any atom is -0.00489 e. The van der Waals surface area contributed by atoms with E-state index in [-0.39, 0.29) is 0 Å². The molecule has 0 unspecified atom stereocenters. The highest BCUT2D eigenvalue weighted by Crippen LogP contribution is 2.00. The summed E-state index contributed by atoms with van der Waals surface area (Å²) in [5.74, 6) is 0. The third-order valence-electron chi connectivity index (χ3n) is 2.51. The first kappa shape index (κ1) is 13.9. The van der Waals surface area contributed by atoms with Gasteiger partial charge in [-0.2, -0.15) is 0 Å². The van der Waals surface area contributed by atoms with Crippen LogP contribution in [0.15, 0.2) is 0 Å². The van der Waals surface area contributed by atoms with Gasteiger partial charge in [0.25, 0.3) is 0 Å². The van der Waals surface area contributed by atoms with Crippen LogP contribution >= 0.6 is 0 Å². The van der Waals surface area contributed by atoms with Crippen LogP contribution < -0.4 is 11.1 Å². The van der Waals surface area contributed by atoms with E-state index < -0.39 is 0 Å². The molecule has 0 spiro atoms. The van der Waals surface area contributed by atoms with Gasteiger partial charge in [-0.1, -0.05) is 39.0 Å². The first-order valence-corrected chi connectivity index (χ1v) is 6.32. The Morgan fingerprint density at radius 2 is 1.57 bits per heavy atom. The molecule has 1 heterocycles. The van der Waals surface area contributed by atoms with Crippen molar-refractivity contribution in [2.75, 3.05) is 19.6 Å². The second kappa shape index (κ2) is 12.9. The standard InChI is InChI=1S/C7H17N.C5H11N/c1-2-3-4-5-6-7-8;1-2-4-6-5-3-1/h2-8H2,1H3;6H,1-5H2. The van der Waals surface area contributed by atoms with Crippen LogP contribution in [0.1, 0.15) is 58.3 Å². The summed E-state index contributed by atoms with van der Waals surface area (Å²) in [5.41, 5.74) is 5.31. The van der Waals surface area contributed by atoms with Crippen molar-refractivity contribution in [3.63, 3.8) is 0 Å². The maximum absolute atomic E-state index is 5.31. The number of rotatable bonds is 5. The van der Waals surface area contributed by atoms with Crippen molar-refractivity contribution in [3.8, 4) is 0 Å². The van der Waals surface area contributed by atoms with Crippen molar-refractivity contribution >= 4 is 0 Å². The van der Waals surface area contributed by atoms with E-state index in [9.17, 15) is 0 Å². The van der Waals surface area contributed by atoms with Crippen molar-refractivity contribution in [1.29, 1.82) is 0 Å². The Morgan fingerprint density at radius 1 is 0.929 bits per heavy atom. The van der Waals surface area contributed by atoms with Gasteiger partial charge in [0, 0.05) is 0 Å². The quantitative estimate of drug-likeness (QED) is 0.670. The molecule has 1 rings (SSSR count). The van der Waals surface area contributed by atoms with Gasteiger partial charge in [-0.05, 0) is 38.9 Å². The fraction of sp³-hybridized carbons (Fsp3) is 1.00. The molecule has 0 bridgehead atoms. The molecule has 14 heavy (non-hydrogen) atoms. The molecule has 0 saturated carbocycles. The normalized spacial score (nSPS) is 15.9. The Balaban J connectivity index is 0.000000249. The van der Waals surface area contributed by atoms with Crippen LogP contribution in [0.5, 0.6) is 0 Å². The van der Waals surface area contributed by atoms with Crippen LogP contribution in [0, 0.1) is 0 Å². The third kappa shape index (κ3) is 11.9. The number of hydrogen-bond acceptors (Lipinski definition) is 2. The molecule has 2 nitrogen and oxygen atoms in total. The highest BCUT2D eigenvalue weighted by molar-refractivity contribution is 4.55. The molecule has 1 aliphatic heterocycles. The highest BCUT2D eigenvalue weighted by Gasteiger charge is 1.93. The monoisotopic (exact) mass is 200 g/mol. The van der Waals surface area contributed by atoms with Crippen LogP contribution in [-0.4, -0.2) is 19.6 Å². The van der Waals surface area contributed by atoms with Gasteiger partial charge in [-0.15, -0.1) is 0 Å². The summed E-state index contributed by atoms with van der Waals surface area (Å²) in [5, 5.41) is 3.28. The number of unbranched alkanes of at least 4 members (excludes halogenated alkanes) is 4. The van der Waals surface area contributed by atoms with Gasteiger partial charge >= 0.3 is 0 Å². The zero-order valence-electron chi connectivity index (χ0n) is 9.86. The minimum Gasteiger partial charge on any atom is -0.330 e. The molecule has 0 aliphatic carbocycles. The maximum atomic E-state index is 5.31. The Labute approximate surface area is 89.6 Å². The number of piperidine rings is 1. The van der Waals surface area contributed by atoms with Crippen LogP contribution in [0.2, 0.25) is 0 Å². The van der Waals surface area contributed by atoms with E-state index in [0.717, 1.165) is 6.54 Å². The lowest BCUT2D eigenvalue weighted by molar-refractivity contribution is 0.520. The van der Waals surface area contributed by atoms with Gasteiger partial charge in [0.15, 0.2) is 0 Å². The molecule has 1 saturated heterocycles. The van der Waals surface area contributed by atoms with Gasteiger partial charge in [0.05, 0.1) is 0 Å². The highest BCUT2D eigenvalue weighted by atomic mass is 14.9. The average molecular weight is 200 g/mol. The van der Waals surface area contributed by atoms with Gasteiger partial charge < -0.3 is 11.1 Å². The average Bonchev–Trinajstić information content (AvgIpc) is 2.28. The van der Waals surface area contributed by atoms with Crippen molar-refractivity contribution in [3.05, 3.63) is 0 Å². The number of nitrogens with one attached hydrogen (secondary N) is 1. The summed E-state index contributed by atoms with van der Waals surface area (Å²) in [6.07, 6.45) is 10.8. The van der Waals surface area contributed by atoms with E-state index in [1.54, 1.807) is 0 Å². The molecule has 3 N–H and O–H groups in total. The van der Waals surface area contributed by atoms with Crippen molar-refractivity contribution < 1.29 is 0 Å². The van der Waals surface area contributed by atoms with Crippen LogP contribution in [-0.2, 0) is 0 Å². The van der Waals surface area contributed by atoms with Crippen molar-refractivity contribution in [1.82, 2.24) is 5.32 Å². The predicted molar refractivity (Wildman–Crippen MR) is 64.5 cm³/mol. The molecule has 1 aliphatic rings. The van der Waals surface area contributed by atoms with E-state index in [1.807, 2.05) is 0 Å². The van der Waals surface area contributed by atoms with Gasteiger partial charge in [-0.3, -0.25) is 0 Å². The lowest BCUT2D eigenvalue weighted by Gasteiger charge is -2.08. The van der Waals surface area contributed by atoms with Crippen LogP contribution in [0.4, 0.5) is 0 Å². The second-order valence-electron chi connectivity index (χ2n) is 4.01. The van der Waals surface area contributed by atoms with E-state index >= 15 is 0 Å². The van der Waals surface area contributed by atoms with E-state index in [2.05, 4.69) is 12.2 Å². The van der Waals surface area contributed by atoms with Crippen molar-refractivity contribution in [2.24, 2.45) is 5.73 Å². The lowest BCUT2D eigenvalue weighted by Crippen LogP contribution is -2.21. The zero-order valence-corrected chi connectivity index (χ0v) is 9.86. The summed E-state index contributed by atoms with van der Waals surface area (Å²) in [7, 11) is 0. The lowest BCUT2D eigenvalue weighted by atomic mass is 10.2. The molecule has 0 amide bonds. The SMILES string of the molecule is C1CCNCC1.CCCCCCCN. The summed E-state index contributed by atoms with van der Waals surface area (Å²) in [4.78, 5) is 0. The molecule has 0 aromatic carbocycles. The van der Waals surface area contributed by atoms with E-state index in [4.69, 9.17) is 5.73 Å². The Bertz CT molecular complexity index is 72.8. The topological polar surface area (TPSA) is 38.0 Å². The minimum atomic E-state index is 0.865. The van der Waals surface area contributed by atoms with Crippen molar-refractivity contribution in [2.45, 2.75) is 58.3 Å². The van der Waals surface area contributed by atoms with Crippen LogP contribution in [0.25, 0.3) is 0 Å². The van der Waals surface area contributed by atoms with Gasteiger partial charge in [0.1, 0.15) is 0 Å². The molecule has 0 aromatic heterocycles. The molecular formula is C12H28N2. The Hall–Kier alpha value is -0.0800. The molecule has 86 valence electrons. The zero-order chi connectivity index (χ0) is 10.5. The Kier molecular flexibility index (Phi) is 12.8.